The maximum Gasteiger partial charge on any atom is 0.236 e. The van der Waals surface area contributed by atoms with E-state index in [9.17, 15) is 13.5 Å². The van der Waals surface area contributed by atoms with Gasteiger partial charge in [0.15, 0.2) is 11.5 Å². The Labute approximate surface area is 112 Å². The van der Waals surface area contributed by atoms with Crippen LogP contribution in [-0.4, -0.2) is 27.7 Å². The van der Waals surface area contributed by atoms with Crippen molar-refractivity contribution in [2.45, 2.75) is 5.75 Å². The van der Waals surface area contributed by atoms with Crippen LogP contribution in [0, 0.1) is 0 Å². The first-order valence-electron chi connectivity index (χ1n) is 4.34. The fourth-order valence-corrected chi connectivity index (χ4v) is 3.14. The molecule has 0 saturated carbocycles. The summed E-state index contributed by atoms with van der Waals surface area (Å²) in [6.07, 6.45) is 0. The van der Waals surface area contributed by atoms with Crippen LogP contribution in [0.4, 0.5) is 0 Å². The number of hydrogen-bond donors (Lipinski definition) is 1. The summed E-state index contributed by atoms with van der Waals surface area (Å²) in [5.41, 5.74) is 0.123. The highest BCUT2D eigenvalue weighted by Crippen LogP contribution is 2.43. The number of phenols is 1. The lowest BCUT2D eigenvalue weighted by Gasteiger charge is -2.14. The molecule has 1 rings (SSSR count). The van der Waals surface area contributed by atoms with E-state index in [0.717, 1.165) is 0 Å². The van der Waals surface area contributed by atoms with Crippen molar-refractivity contribution in [1.82, 2.24) is 0 Å². The smallest absolute Gasteiger partial charge is 0.236 e. The molecular formula is C9H10BrClO5S. The Balaban J connectivity index is 3.42. The first-order chi connectivity index (χ1) is 7.80. The zero-order valence-corrected chi connectivity index (χ0v) is 12.2. The minimum absolute atomic E-state index is 0.123. The van der Waals surface area contributed by atoms with Gasteiger partial charge >= 0.3 is 0 Å². The standard InChI is InChI=1S/C9H10BrClO5S/c1-15-7-3-6(12)5(4-17(11,13)14)8(10)9(7)16-2/h3,12H,4H2,1-2H3. The summed E-state index contributed by atoms with van der Waals surface area (Å²) < 4.78 is 32.4. The molecule has 0 saturated heterocycles. The average Bonchev–Trinajstić information content (AvgIpc) is 2.22. The normalized spacial score (nSPS) is 11.3. The van der Waals surface area contributed by atoms with Crippen molar-refractivity contribution in [1.29, 1.82) is 0 Å². The minimum atomic E-state index is -3.78. The molecule has 5 nitrogen and oxygen atoms in total. The molecule has 0 fully saturated rings. The van der Waals surface area contributed by atoms with Crippen LogP contribution in [0.15, 0.2) is 10.5 Å². The van der Waals surface area contributed by atoms with Crippen LogP contribution in [0.1, 0.15) is 5.56 Å². The number of halogens is 2. The van der Waals surface area contributed by atoms with E-state index in [-0.39, 0.29) is 17.1 Å². The van der Waals surface area contributed by atoms with Crippen molar-refractivity contribution >= 4 is 35.7 Å². The molecule has 0 bridgehead atoms. The molecule has 1 N–H and O–H groups in total. The molecule has 0 aliphatic rings. The first-order valence-corrected chi connectivity index (χ1v) is 7.62. The van der Waals surface area contributed by atoms with Crippen LogP contribution >= 0.6 is 26.6 Å². The molecule has 0 spiro atoms. The predicted molar refractivity (Wildman–Crippen MR) is 67.4 cm³/mol. The monoisotopic (exact) mass is 344 g/mol. The highest BCUT2D eigenvalue weighted by Gasteiger charge is 2.21. The molecule has 1 aromatic rings. The Morgan fingerprint density at radius 3 is 2.41 bits per heavy atom. The largest absolute Gasteiger partial charge is 0.507 e. The number of ether oxygens (including phenoxy) is 2. The highest BCUT2D eigenvalue weighted by atomic mass is 79.9. The second-order valence-electron chi connectivity index (χ2n) is 3.11. The van der Waals surface area contributed by atoms with Crippen molar-refractivity contribution in [2.24, 2.45) is 0 Å². The quantitative estimate of drug-likeness (QED) is 0.847. The third-order valence-electron chi connectivity index (χ3n) is 2.01. The Kier molecular flexibility index (Phi) is 4.51. The summed E-state index contributed by atoms with van der Waals surface area (Å²) in [7, 11) is 4.17. The van der Waals surface area contributed by atoms with Crippen molar-refractivity contribution in [3.05, 3.63) is 16.1 Å². The average molecular weight is 346 g/mol. The summed E-state index contributed by atoms with van der Waals surface area (Å²) in [6.45, 7) is 0. The van der Waals surface area contributed by atoms with Crippen LogP contribution in [0.25, 0.3) is 0 Å². The van der Waals surface area contributed by atoms with E-state index in [0.29, 0.717) is 10.2 Å². The van der Waals surface area contributed by atoms with Gasteiger partial charge in [-0.05, 0) is 15.9 Å². The number of rotatable bonds is 4. The molecule has 0 aliphatic carbocycles. The molecule has 8 heteroatoms. The predicted octanol–water partition coefficient (Wildman–Crippen LogP) is 2.24. The van der Waals surface area contributed by atoms with Gasteiger partial charge in [0.05, 0.1) is 24.4 Å². The lowest BCUT2D eigenvalue weighted by molar-refractivity contribution is 0.348. The molecule has 0 heterocycles. The van der Waals surface area contributed by atoms with Gasteiger partial charge in [0.1, 0.15) is 5.75 Å². The van der Waals surface area contributed by atoms with E-state index in [1.165, 1.54) is 20.3 Å². The second-order valence-corrected chi connectivity index (χ2v) is 6.68. The van der Waals surface area contributed by atoms with Gasteiger partial charge in [0, 0.05) is 22.3 Å². The van der Waals surface area contributed by atoms with Gasteiger partial charge in [0.2, 0.25) is 9.05 Å². The summed E-state index contributed by atoms with van der Waals surface area (Å²) in [6, 6.07) is 1.26. The highest BCUT2D eigenvalue weighted by molar-refractivity contribution is 9.10. The van der Waals surface area contributed by atoms with Crippen LogP contribution < -0.4 is 9.47 Å². The molecular weight excluding hydrogens is 336 g/mol. The number of hydrogen-bond acceptors (Lipinski definition) is 5. The number of methoxy groups -OCH3 is 2. The van der Waals surface area contributed by atoms with Crippen molar-refractivity contribution in [2.75, 3.05) is 14.2 Å². The molecule has 0 amide bonds. The molecule has 0 aromatic heterocycles. The van der Waals surface area contributed by atoms with Gasteiger partial charge in [-0.2, -0.15) is 0 Å². The van der Waals surface area contributed by atoms with E-state index in [1.54, 1.807) is 0 Å². The molecule has 0 unspecified atom stereocenters. The zero-order valence-electron chi connectivity index (χ0n) is 9.03. The van der Waals surface area contributed by atoms with E-state index in [2.05, 4.69) is 15.9 Å². The molecule has 0 radical (unpaired) electrons. The molecule has 0 atom stereocenters. The molecule has 17 heavy (non-hydrogen) atoms. The molecule has 96 valence electrons. The van der Waals surface area contributed by atoms with Crippen LogP contribution in [0.5, 0.6) is 17.2 Å². The number of aromatic hydroxyl groups is 1. The van der Waals surface area contributed by atoms with Crippen LogP contribution in [-0.2, 0) is 14.8 Å². The van der Waals surface area contributed by atoms with Crippen molar-refractivity contribution < 1.29 is 23.0 Å². The molecule has 1 aromatic carbocycles. The topological polar surface area (TPSA) is 72.8 Å². The lowest BCUT2D eigenvalue weighted by atomic mass is 10.2. The summed E-state index contributed by atoms with van der Waals surface area (Å²) >= 11 is 3.15. The number of phenolic OH excluding ortho intramolecular Hbond substituents is 1. The van der Waals surface area contributed by atoms with Crippen molar-refractivity contribution in [3.63, 3.8) is 0 Å². The Hall–Kier alpha value is -0.660. The lowest BCUT2D eigenvalue weighted by Crippen LogP contribution is -2.00. The van der Waals surface area contributed by atoms with Gasteiger partial charge in [-0.25, -0.2) is 8.42 Å². The Bertz CT molecular complexity index is 529. The molecule has 0 aliphatic heterocycles. The summed E-state index contributed by atoms with van der Waals surface area (Å²) in [4.78, 5) is 0. The third kappa shape index (κ3) is 3.40. The summed E-state index contributed by atoms with van der Waals surface area (Å²) in [5, 5.41) is 9.70. The van der Waals surface area contributed by atoms with E-state index >= 15 is 0 Å². The summed E-state index contributed by atoms with van der Waals surface area (Å²) in [5.74, 6) is -0.173. The fraction of sp³-hybridized carbons (Fsp3) is 0.333. The van der Waals surface area contributed by atoms with E-state index < -0.39 is 14.8 Å². The van der Waals surface area contributed by atoms with Gasteiger partial charge < -0.3 is 14.6 Å². The maximum atomic E-state index is 11.0. The van der Waals surface area contributed by atoms with Gasteiger partial charge in [-0.15, -0.1) is 0 Å². The van der Waals surface area contributed by atoms with Crippen molar-refractivity contribution in [3.8, 4) is 17.2 Å². The first kappa shape index (κ1) is 14.4. The van der Waals surface area contributed by atoms with Gasteiger partial charge in [-0.3, -0.25) is 0 Å². The zero-order chi connectivity index (χ0) is 13.2. The second kappa shape index (κ2) is 5.32. The van der Waals surface area contributed by atoms with Gasteiger partial charge in [0.25, 0.3) is 0 Å². The minimum Gasteiger partial charge on any atom is -0.507 e. The third-order valence-corrected chi connectivity index (χ3v) is 3.81. The number of benzene rings is 1. The van der Waals surface area contributed by atoms with E-state index in [4.69, 9.17) is 20.2 Å². The van der Waals surface area contributed by atoms with Crippen LogP contribution in [0.3, 0.4) is 0 Å². The maximum absolute atomic E-state index is 11.0. The van der Waals surface area contributed by atoms with E-state index in [1.807, 2.05) is 0 Å². The van der Waals surface area contributed by atoms with Crippen LogP contribution in [0.2, 0.25) is 0 Å². The SMILES string of the molecule is COc1cc(O)c(CS(=O)(=O)Cl)c(Br)c1OC. The Morgan fingerprint density at radius 2 is 2.00 bits per heavy atom. The fourth-order valence-electron chi connectivity index (χ4n) is 1.29. The Morgan fingerprint density at radius 1 is 1.41 bits per heavy atom. The van der Waals surface area contributed by atoms with Gasteiger partial charge in [-0.1, -0.05) is 0 Å².